The molecule has 2 rings (SSSR count). The number of hydrogen-bond acceptors (Lipinski definition) is 4. The van der Waals surface area contributed by atoms with Crippen LogP contribution in [0.5, 0.6) is 0 Å². The molecular weight excluding hydrogens is 244 g/mol. The molecule has 4 N–H and O–H groups in total. The summed E-state index contributed by atoms with van der Waals surface area (Å²) in [6.45, 7) is 2.57. The Balaban J connectivity index is 1.88. The van der Waals surface area contributed by atoms with Gasteiger partial charge in [-0.15, -0.1) is 0 Å². The molecule has 0 saturated carbocycles. The van der Waals surface area contributed by atoms with Crippen molar-refractivity contribution >= 4 is 11.6 Å². The smallest absolute Gasteiger partial charge is 0.252 e. The van der Waals surface area contributed by atoms with Crippen LogP contribution in [-0.4, -0.2) is 29.8 Å². The fourth-order valence-corrected chi connectivity index (χ4v) is 2.17. The number of aliphatic hydroxyl groups excluding tert-OH is 1. The molecule has 0 aromatic heterocycles. The Bertz CT molecular complexity index is 439. The number of carbonyl (C=O) groups is 1. The van der Waals surface area contributed by atoms with E-state index in [1.54, 1.807) is 31.2 Å². The van der Waals surface area contributed by atoms with Gasteiger partial charge in [0.25, 0.3) is 5.91 Å². The minimum Gasteiger partial charge on any atom is -0.399 e. The molecule has 0 radical (unpaired) electrons. The van der Waals surface area contributed by atoms with Gasteiger partial charge in [-0.2, -0.15) is 0 Å². The number of hydrogen-bond donors (Lipinski definition) is 3. The number of aliphatic hydroxyl groups is 1. The predicted octanol–water partition coefficient (Wildman–Crippen LogP) is 0.987. The lowest BCUT2D eigenvalue weighted by Crippen LogP contribution is -2.45. The summed E-state index contributed by atoms with van der Waals surface area (Å²) in [4.78, 5) is 12.0. The van der Waals surface area contributed by atoms with Gasteiger partial charge in [0.05, 0.1) is 6.10 Å². The van der Waals surface area contributed by atoms with Crippen molar-refractivity contribution in [3.05, 3.63) is 29.8 Å². The molecule has 1 amide bonds. The second-order valence-electron chi connectivity index (χ2n) is 5.08. The lowest BCUT2D eigenvalue weighted by Gasteiger charge is -2.23. The Hall–Kier alpha value is -1.59. The van der Waals surface area contributed by atoms with Crippen molar-refractivity contribution in [3.63, 3.8) is 0 Å². The standard InChI is InChI=1S/C14H20N2O3/c1-14(7-2-8-19-14)13(18)16-9-12(17)10-3-5-11(15)6-4-10/h3-6,12,17H,2,7-9,15H2,1H3,(H,16,18). The molecule has 1 aromatic rings. The number of anilines is 1. The Morgan fingerprint density at radius 3 is 2.79 bits per heavy atom. The van der Waals surface area contributed by atoms with Crippen LogP contribution in [0.3, 0.4) is 0 Å². The molecular formula is C14H20N2O3. The first kappa shape index (κ1) is 13.8. The number of benzene rings is 1. The van der Waals surface area contributed by atoms with Crippen molar-refractivity contribution < 1.29 is 14.6 Å². The highest BCUT2D eigenvalue weighted by molar-refractivity contribution is 5.85. The summed E-state index contributed by atoms with van der Waals surface area (Å²) in [6.07, 6.45) is 0.871. The third-order valence-corrected chi connectivity index (χ3v) is 3.48. The largest absolute Gasteiger partial charge is 0.399 e. The Labute approximate surface area is 112 Å². The molecule has 2 atom stereocenters. The molecule has 1 saturated heterocycles. The van der Waals surface area contributed by atoms with Crippen LogP contribution >= 0.6 is 0 Å². The zero-order valence-electron chi connectivity index (χ0n) is 11.1. The van der Waals surface area contributed by atoms with Gasteiger partial charge in [0.15, 0.2) is 0 Å². The van der Waals surface area contributed by atoms with Gasteiger partial charge in [-0.25, -0.2) is 0 Å². The fraction of sp³-hybridized carbons (Fsp3) is 0.500. The van der Waals surface area contributed by atoms with E-state index >= 15 is 0 Å². The van der Waals surface area contributed by atoms with Gasteiger partial charge in [-0.3, -0.25) is 4.79 Å². The number of amides is 1. The van der Waals surface area contributed by atoms with Gasteiger partial charge in [0.2, 0.25) is 0 Å². The van der Waals surface area contributed by atoms with Crippen LogP contribution in [0.25, 0.3) is 0 Å². The number of carbonyl (C=O) groups excluding carboxylic acids is 1. The molecule has 104 valence electrons. The second-order valence-corrected chi connectivity index (χ2v) is 5.08. The molecule has 1 aromatic carbocycles. The van der Waals surface area contributed by atoms with Crippen molar-refractivity contribution in [3.8, 4) is 0 Å². The highest BCUT2D eigenvalue weighted by Crippen LogP contribution is 2.25. The molecule has 0 spiro atoms. The summed E-state index contributed by atoms with van der Waals surface area (Å²) >= 11 is 0. The van der Waals surface area contributed by atoms with Gasteiger partial charge in [0, 0.05) is 18.8 Å². The van der Waals surface area contributed by atoms with E-state index < -0.39 is 11.7 Å². The predicted molar refractivity (Wildman–Crippen MR) is 72.4 cm³/mol. The lowest BCUT2D eigenvalue weighted by molar-refractivity contribution is -0.140. The third-order valence-electron chi connectivity index (χ3n) is 3.48. The molecule has 1 aliphatic rings. The fourth-order valence-electron chi connectivity index (χ4n) is 2.17. The second kappa shape index (κ2) is 5.59. The van der Waals surface area contributed by atoms with Crippen LogP contribution < -0.4 is 11.1 Å². The van der Waals surface area contributed by atoms with E-state index in [0.717, 1.165) is 18.4 Å². The summed E-state index contributed by atoms with van der Waals surface area (Å²) < 4.78 is 5.45. The third kappa shape index (κ3) is 3.24. The molecule has 1 heterocycles. The number of nitrogens with two attached hydrogens (primary N) is 1. The first-order valence-corrected chi connectivity index (χ1v) is 6.47. The Kier molecular flexibility index (Phi) is 4.07. The van der Waals surface area contributed by atoms with E-state index in [-0.39, 0.29) is 12.5 Å². The van der Waals surface area contributed by atoms with Crippen LogP contribution in [0.1, 0.15) is 31.4 Å². The lowest BCUT2D eigenvalue weighted by atomic mass is 10.0. The molecule has 1 fully saturated rings. The number of rotatable bonds is 4. The van der Waals surface area contributed by atoms with E-state index in [0.29, 0.717) is 12.3 Å². The van der Waals surface area contributed by atoms with Crippen LogP contribution in [0, 0.1) is 0 Å². The average molecular weight is 264 g/mol. The maximum Gasteiger partial charge on any atom is 0.252 e. The van der Waals surface area contributed by atoms with Crippen LogP contribution in [-0.2, 0) is 9.53 Å². The molecule has 19 heavy (non-hydrogen) atoms. The molecule has 0 bridgehead atoms. The monoisotopic (exact) mass is 264 g/mol. The Morgan fingerprint density at radius 2 is 2.21 bits per heavy atom. The maximum absolute atomic E-state index is 12.0. The average Bonchev–Trinajstić information content (AvgIpc) is 2.84. The van der Waals surface area contributed by atoms with Gasteiger partial charge >= 0.3 is 0 Å². The number of nitrogen functional groups attached to an aromatic ring is 1. The minimum absolute atomic E-state index is 0.167. The quantitative estimate of drug-likeness (QED) is 0.708. The molecule has 5 nitrogen and oxygen atoms in total. The molecule has 2 unspecified atom stereocenters. The summed E-state index contributed by atoms with van der Waals surface area (Å²) in [6, 6.07) is 6.95. The summed E-state index contributed by atoms with van der Waals surface area (Å²) in [5, 5.41) is 12.7. The minimum atomic E-state index is -0.749. The van der Waals surface area contributed by atoms with Crippen LogP contribution in [0.2, 0.25) is 0 Å². The van der Waals surface area contributed by atoms with E-state index in [2.05, 4.69) is 5.32 Å². The topological polar surface area (TPSA) is 84.6 Å². The SMILES string of the molecule is CC1(C(=O)NCC(O)c2ccc(N)cc2)CCCO1. The molecule has 0 aliphatic carbocycles. The molecule has 5 heteroatoms. The number of nitrogens with one attached hydrogen (secondary N) is 1. The van der Waals surface area contributed by atoms with Crippen molar-refractivity contribution in [2.24, 2.45) is 0 Å². The van der Waals surface area contributed by atoms with Gasteiger partial charge in [-0.05, 0) is 37.5 Å². The van der Waals surface area contributed by atoms with E-state index in [1.165, 1.54) is 0 Å². The van der Waals surface area contributed by atoms with Crippen molar-refractivity contribution in [1.29, 1.82) is 0 Å². The van der Waals surface area contributed by atoms with E-state index in [4.69, 9.17) is 10.5 Å². The van der Waals surface area contributed by atoms with Crippen LogP contribution in [0.15, 0.2) is 24.3 Å². The maximum atomic E-state index is 12.0. The highest BCUT2D eigenvalue weighted by Gasteiger charge is 2.37. The normalized spacial score (nSPS) is 24.1. The highest BCUT2D eigenvalue weighted by atomic mass is 16.5. The summed E-state index contributed by atoms with van der Waals surface area (Å²) in [5.41, 5.74) is 6.21. The first-order chi connectivity index (χ1) is 9.01. The van der Waals surface area contributed by atoms with Gasteiger partial charge < -0.3 is 20.9 Å². The van der Waals surface area contributed by atoms with E-state index in [1.807, 2.05) is 0 Å². The zero-order chi connectivity index (χ0) is 13.9. The van der Waals surface area contributed by atoms with E-state index in [9.17, 15) is 9.90 Å². The van der Waals surface area contributed by atoms with Crippen molar-refractivity contribution in [1.82, 2.24) is 5.32 Å². The van der Waals surface area contributed by atoms with Gasteiger partial charge in [0.1, 0.15) is 5.60 Å². The van der Waals surface area contributed by atoms with Crippen molar-refractivity contribution in [2.75, 3.05) is 18.9 Å². The van der Waals surface area contributed by atoms with Crippen LogP contribution in [0.4, 0.5) is 5.69 Å². The molecule has 1 aliphatic heterocycles. The Morgan fingerprint density at radius 1 is 1.53 bits per heavy atom. The first-order valence-electron chi connectivity index (χ1n) is 6.47. The number of ether oxygens (including phenoxy) is 1. The summed E-state index contributed by atoms with van der Waals surface area (Å²) in [5.74, 6) is -0.167. The van der Waals surface area contributed by atoms with Crippen molar-refractivity contribution in [2.45, 2.75) is 31.5 Å². The van der Waals surface area contributed by atoms with Gasteiger partial charge in [-0.1, -0.05) is 12.1 Å². The zero-order valence-corrected chi connectivity index (χ0v) is 11.1. The summed E-state index contributed by atoms with van der Waals surface area (Å²) in [7, 11) is 0.